The Kier molecular flexibility index (Phi) is 4.09. The molecular weight excluding hydrogens is 235 g/mol. The minimum absolute atomic E-state index is 0.829. The van der Waals surface area contributed by atoms with Crippen LogP contribution >= 0.6 is 0 Å². The molecular formula is C13H17Se. The van der Waals surface area contributed by atoms with Crippen molar-refractivity contribution in [1.82, 2.24) is 0 Å². The molecule has 75 valence electrons. The van der Waals surface area contributed by atoms with Crippen molar-refractivity contribution < 1.29 is 0 Å². The Morgan fingerprint density at radius 3 is 2.50 bits per heavy atom. The Hall–Kier alpha value is -0.261. The molecule has 1 radical (unpaired) electrons. The van der Waals surface area contributed by atoms with Crippen molar-refractivity contribution >= 4 is 15.0 Å². The van der Waals surface area contributed by atoms with E-state index in [2.05, 4.69) is 36.8 Å². The van der Waals surface area contributed by atoms with E-state index >= 15 is 0 Å². The van der Waals surface area contributed by atoms with Gasteiger partial charge < -0.3 is 0 Å². The van der Waals surface area contributed by atoms with E-state index < -0.39 is 0 Å². The predicted molar refractivity (Wildman–Crippen MR) is 62.4 cm³/mol. The molecule has 0 bridgehead atoms. The van der Waals surface area contributed by atoms with Gasteiger partial charge in [0.1, 0.15) is 0 Å². The molecule has 14 heavy (non-hydrogen) atoms. The molecule has 0 nitrogen and oxygen atoms in total. The van der Waals surface area contributed by atoms with Gasteiger partial charge >= 0.3 is 93.1 Å². The summed E-state index contributed by atoms with van der Waals surface area (Å²) in [5.41, 5.74) is 1.53. The first-order chi connectivity index (χ1) is 6.95. The molecule has 1 heteroatoms. The first kappa shape index (κ1) is 10.3. The quantitative estimate of drug-likeness (QED) is 0.723. The van der Waals surface area contributed by atoms with Crippen molar-refractivity contribution in [3.05, 3.63) is 42.3 Å². The molecule has 0 aliphatic heterocycles. The van der Waals surface area contributed by atoms with Crippen LogP contribution in [0.5, 0.6) is 0 Å². The topological polar surface area (TPSA) is 0 Å². The van der Waals surface area contributed by atoms with Crippen LogP contribution in [0.1, 0.15) is 31.2 Å². The molecule has 2 rings (SSSR count). The van der Waals surface area contributed by atoms with Gasteiger partial charge in [-0.1, -0.05) is 0 Å². The molecule has 0 spiro atoms. The zero-order chi connectivity index (χ0) is 9.64. The van der Waals surface area contributed by atoms with Crippen molar-refractivity contribution in [3.8, 4) is 0 Å². The second kappa shape index (κ2) is 5.58. The first-order valence-electron chi connectivity index (χ1n) is 5.42. The average Bonchev–Trinajstić information content (AvgIpc) is 2.29. The molecule has 1 aliphatic carbocycles. The fourth-order valence-electron chi connectivity index (χ4n) is 1.85. The third kappa shape index (κ3) is 3.15. The van der Waals surface area contributed by atoms with Crippen LogP contribution in [-0.4, -0.2) is 15.0 Å². The van der Waals surface area contributed by atoms with Crippen molar-refractivity contribution in [2.45, 2.75) is 35.8 Å². The number of hydrogen-bond acceptors (Lipinski definition) is 0. The maximum atomic E-state index is 2.45. The second-order valence-electron chi connectivity index (χ2n) is 3.86. The summed E-state index contributed by atoms with van der Waals surface area (Å²) < 4.78 is 0. The zero-order valence-corrected chi connectivity index (χ0v) is 10.2. The van der Waals surface area contributed by atoms with Crippen molar-refractivity contribution in [3.63, 3.8) is 0 Å². The van der Waals surface area contributed by atoms with Gasteiger partial charge in [0.2, 0.25) is 0 Å². The van der Waals surface area contributed by atoms with E-state index in [0.29, 0.717) is 0 Å². The molecule has 0 unspecified atom stereocenters. The van der Waals surface area contributed by atoms with Gasteiger partial charge in [0.05, 0.1) is 0 Å². The molecule has 0 aromatic heterocycles. The van der Waals surface area contributed by atoms with Crippen LogP contribution in [0.2, 0.25) is 4.82 Å². The second-order valence-corrected chi connectivity index (χ2v) is 6.57. The Bertz CT molecular complexity index is 249. The van der Waals surface area contributed by atoms with Crippen molar-refractivity contribution in [2.24, 2.45) is 0 Å². The van der Waals surface area contributed by atoms with Gasteiger partial charge in [0.25, 0.3) is 0 Å². The molecule has 1 saturated carbocycles. The molecule has 0 atom stereocenters. The SMILES string of the molecule is [CH]1CCC([Se]Cc2ccccc2)CC1. The Balaban J connectivity index is 1.76. The van der Waals surface area contributed by atoms with Gasteiger partial charge in [-0.3, -0.25) is 0 Å². The summed E-state index contributed by atoms with van der Waals surface area (Å²) in [6.45, 7) is 0. The zero-order valence-electron chi connectivity index (χ0n) is 8.49. The van der Waals surface area contributed by atoms with Crippen LogP contribution in [-0.2, 0) is 5.32 Å². The van der Waals surface area contributed by atoms with Gasteiger partial charge in [-0.15, -0.1) is 0 Å². The normalized spacial score (nSPS) is 18.3. The Morgan fingerprint density at radius 2 is 1.79 bits per heavy atom. The number of hydrogen-bond donors (Lipinski definition) is 0. The van der Waals surface area contributed by atoms with Gasteiger partial charge in [-0.2, -0.15) is 0 Å². The van der Waals surface area contributed by atoms with Gasteiger partial charge in [0.15, 0.2) is 0 Å². The maximum absolute atomic E-state index is 2.45. The Morgan fingerprint density at radius 1 is 1.07 bits per heavy atom. The molecule has 0 heterocycles. The monoisotopic (exact) mass is 253 g/mol. The van der Waals surface area contributed by atoms with E-state index in [0.717, 1.165) is 19.8 Å². The summed E-state index contributed by atoms with van der Waals surface area (Å²) >= 11 is 0.829. The molecule has 0 saturated heterocycles. The summed E-state index contributed by atoms with van der Waals surface area (Å²) in [5.74, 6) is 0. The van der Waals surface area contributed by atoms with Crippen LogP contribution < -0.4 is 0 Å². The minimum atomic E-state index is 0.829. The molecule has 0 N–H and O–H groups in total. The molecule has 1 aromatic rings. The van der Waals surface area contributed by atoms with E-state index in [4.69, 9.17) is 0 Å². The number of benzene rings is 1. The van der Waals surface area contributed by atoms with Gasteiger partial charge in [-0.05, 0) is 0 Å². The summed E-state index contributed by atoms with van der Waals surface area (Å²) in [7, 11) is 0. The molecule has 0 amide bonds. The summed E-state index contributed by atoms with van der Waals surface area (Å²) in [4.78, 5) is 1.05. The van der Waals surface area contributed by atoms with E-state index in [1.54, 1.807) is 0 Å². The summed E-state index contributed by atoms with van der Waals surface area (Å²) in [5, 5.41) is 1.33. The number of rotatable bonds is 3. The van der Waals surface area contributed by atoms with Crippen LogP contribution in [0.15, 0.2) is 30.3 Å². The van der Waals surface area contributed by atoms with Crippen LogP contribution in [0.4, 0.5) is 0 Å². The van der Waals surface area contributed by atoms with E-state index in [1.807, 2.05) is 0 Å². The third-order valence-electron chi connectivity index (χ3n) is 2.71. The fraction of sp³-hybridized carbons (Fsp3) is 0.462. The van der Waals surface area contributed by atoms with E-state index in [9.17, 15) is 0 Å². The van der Waals surface area contributed by atoms with Crippen LogP contribution in [0, 0.1) is 6.42 Å². The third-order valence-corrected chi connectivity index (χ3v) is 5.74. The standard InChI is InChI=1S/C13H17Se/c1-3-7-12(8-4-1)11-14-13-9-5-2-6-10-13/h1-4,7-8,13H,5-6,9-11H2. The summed E-state index contributed by atoms with van der Waals surface area (Å²) in [6, 6.07) is 10.9. The van der Waals surface area contributed by atoms with Crippen molar-refractivity contribution in [1.29, 1.82) is 0 Å². The van der Waals surface area contributed by atoms with Gasteiger partial charge in [-0.25, -0.2) is 0 Å². The molecule has 1 aliphatic rings. The predicted octanol–water partition coefficient (Wildman–Crippen LogP) is 3.46. The average molecular weight is 252 g/mol. The van der Waals surface area contributed by atoms with E-state index in [1.165, 1.54) is 36.6 Å². The Labute approximate surface area is 93.3 Å². The van der Waals surface area contributed by atoms with Crippen LogP contribution in [0.25, 0.3) is 0 Å². The van der Waals surface area contributed by atoms with Gasteiger partial charge in [0, 0.05) is 0 Å². The fourth-order valence-corrected chi connectivity index (χ4v) is 4.42. The molecule has 1 aromatic carbocycles. The first-order valence-corrected chi connectivity index (χ1v) is 7.62. The van der Waals surface area contributed by atoms with Crippen molar-refractivity contribution in [2.75, 3.05) is 0 Å². The van der Waals surface area contributed by atoms with Crippen LogP contribution in [0.3, 0.4) is 0 Å². The molecule has 1 fully saturated rings. The summed E-state index contributed by atoms with van der Waals surface area (Å²) in [6.07, 6.45) is 8.08. The van der Waals surface area contributed by atoms with E-state index in [-0.39, 0.29) is 0 Å².